The maximum absolute atomic E-state index is 14.2. The quantitative estimate of drug-likeness (QED) is 0.682. The Morgan fingerprint density at radius 3 is 2.44 bits per heavy atom. The molecule has 1 aromatic heterocycles. The standard InChI is InChI=1S/C16H16FN5O4S/c1-10-18-20-21-22(10)11-4-6-13(17)14(8-11)19-27(23,24)12-5-7-15(25-2)16(9-12)26-3/h4-9,19H,1-3H3. The second-order valence-corrected chi connectivity index (χ2v) is 7.11. The maximum atomic E-state index is 14.2. The lowest BCUT2D eigenvalue weighted by Crippen LogP contribution is -2.15. The van der Waals surface area contributed by atoms with E-state index in [-0.39, 0.29) is 16.3 Å². The zero-order valence-electron chi connectivity index (χ0n) is 14.7. The molecule has 0 fully saturated rings. The van der Waals surface area contributed by atoms with Crippen molar-refractivity contribution in [2.45, 2.75) is 11.8 Å². The molecular formula is C16H16FN5O4S. The molecule has 0 aliphatic heterocycles. The first-order valence-corrected chi connectivity index (χ1v) is 9.14. The minimum Gasteiger partial charge on any atom is -0.493 e. The van der Waals surface area contributed by atoms with Gasteiger partial charge in [0.05, 0.1) is 30.5 Å². The lowest BCUT2D eigenvalue weighted by Gasteiger charge is -2.13. The molecular weight excluding hydrogens is 377 g/mol. The van der Waals surface area contributed by atoms with Crippen molar-refractivity contribution in [2.24, 2.45) is 0 Å². The van der Waals surface area contributed by atoms with Gasteiger partial charge in [-0.25, -0.2) is 12.8 Å². The van der Waals surface area contributed by atoms with Gasteiger partial charge in [0, 0.05) is 6.07 Å². The van der Waals surface area contributed by atoms with E-state index in [1.807, 2.05) is 0 Å². The van der Waals surface area contributed by atoms with E-state index in [0.29, 0.717) is 17.3 Å². The monoisotopic (exact) mass is 393 g/mol. The summed E-state index contributed by atoms with van der Waals surface area (Å²) in [5.74, 6) is 0.335. The zero-order valence-corrected chi connectivity index (χ0v) is 15.5. The highest BCUT2D eigenvalue weighted by Gasteiger charge is 2.19. The van der Waals surface area contributed by atoms with Gasteiger partial charge < -0.3 is 9.47 Å². The van der Waals surface area contributed by atoms with Crippen LogP contribution in [0.3, 0.4) is 0 Å². The summed E-state index contributed by atoms with van der Waals surface area (Å²) in [4.78, 5) is -0.108. The molecule has 0 aliphatic rings. The number of nitrogens with one attached hydrogen (secondary N) is 1. The SMILES string of the molecule is COc1ccc(S(=O)(=O)Nc2cc(-n3nnnc3C)ccc2F)cc1OC. The molecule has 1 heterocycles. The molecule has 0 saturated carbocycles. The van der Waals surface area contributed by atoms with Gasteiger partial charge in [-0.15, -0.1) is 5.10 Å². The summed E-state index contributed by atoms with van der Waals surface area (Å²) in [7, 11) is -1.25. The van der Waals surface area contributed by atoms with E-state index in [4.69, 9.17) is 9.47 Å². The highest BCUT2D eigenvalue weighted by molar-refractivity contribution is 7.92. The smallest absolute Gasteiger partial charge is 0.262 e. The molecule has 11 heteroatoms. The van der Waals surface area contributed by atoms with Crippen LogP contribution in [0.5, 0.6) is 11.5 Å². The third kappa shape index (κ3) is 3.67. The first-order chi connectivity index (χ1) is 12.9. The largest absolute Gasteiger partial charge is 0.493 e. The van der Waals surface area contributed by atoms with Gasteiger partial charge in [0.25, 0.3) is 10.0 Å². The van der Waals surface area contributed by atoms with Gasteiger partial charge in [0.1, 0.15) is 5.82 Å². The summed E-state index contributed by atoms with van der Waals surface area (Å²) in [5.41, 5.74) is 0.168. The van der Waals surface area contributed by atoms with Crippen LogP contribution in [0.4, 0.5) is 10.1 Å². The molecule has 27 heavy (non-hydrogen) atoms. The number of hydrogen-bond donors (Lipinski definition) is 1. The third-order valence-corrected chi connectivity index (χ3v) is 5.09. The highest BCUT2D eigenvalue weighted by atomic mass is 32.2. The summed E-state index contributed by atoms with van der Waals surface area (Å²) < 4.78 is 53.3. The van der Waals surface area contributed by atoms with E-state index in [1.54, 1.807) is 6.92 Å². The molecule has 2 aromatic carbocycles. The molecule has 0 unspecified atom stereocenters. The second-order valence-electron chi connectivity index (χ2n) is 5.42. The molecule has 0 atom stereocenters. The molecule has 0 saturated heterocycles. The van der Waals surface area contributed by atoms with Gasteiger partial charge in [-0.1, -0.05) is 0 Å². The van der Waals surface area contributed by atoms with Crippen molar-refractivity contribution >= 4 is 15.7 Å². The second kappa shape index (κ2) is 7.19. The maximum Gasteiger partial charge on any atom is 0.262 e. The summed E-state index contributed by atoms with van der Waals surface area (Å²) in [6.07, 6.45) is 0. The third-order valence-electron chi connectivity index (χ3n) is 3.73. The van der Waals surface area contributed by atoms with Crippen molar-refractivity contribution in [2.75, 3.05) is 18.9 Å². The average Bonchev–Trinajstić information content (AvgIpc) is 3.08. The van der Waals surface area contributed by atoms with Crippen LogP contribution in [0, 0.1) is 12.7 Å². The van der Waals surface area contributed by atoms with Crippen molar-refractivity contribution in [1.82, 2.24) is 20.2 Å². The van der Waals surface area contributed by atoms with Gasteiger partial charge in [0.2, 0.25) is 0 Å². The number of aromatic nitrogens is 4. The van der Waals surface area contributed by atoms with Crippen LogP contribution < -0.4 is 14.2 Å². The van der Waals surface area contributed by atoms with Crippen LogP contribution in [-0.4, -0.2) is 42.8 Å². The number of ether oxygens (including phenoxy) is 2. The van der Waals surface area contributed by atoms with Crippen LogP contribution in [0.2, 0.25) is 0 Å². The normalized spacial score (nSPS) is 11.3. The molecule has 1 N–H and O–H groups in total. The lowest BCUT2D eigenvalue weighted by atomic mass is 10.2. The Morgan fingerprint density at radius 2 is 1.81 bits per heavy atom. The Balaban J connectivity index is 1.98. The number of nitrogens with zero attached hydrogens (tertiary/aromatic N) is 4. The Hall–Kier alpha value is -3.21. The number of halogens is 1. The van der Waals surface area contributed by atoms with Crippen LogP contribution in [0.25, 0.3) is 5.69 Å². The van der Waals surface area contributed by atoms with E-state index in [2.05, 4.69) is 20.2 Å². The fourth-order valence-electron chi connectivity index (χ4n) is 2.38. The van der Waals surface area contributed by atoms with Crippen molar-refractivity contribution in [1.29, 1.82) is 0 Å². The van der Waals surface area contributed by atoms with Gasteiger partial charge in [-0.05, 0) is 47.7 Å². The zero-order chi connectivity index (χ0) is 19.6. The van der Waals surface area contributed by atoms with E-state index in [1.165, 1.54) is 49.2 Å². The Labute approximate surface area is 154 Å². The number of tetrazole rings is 1. The first-order valence-electron chi connectivity index (χ1n) is 7.65. The topological polar surface area (TPSA) is 108 Å². The van der Waals surface area contributed by atoms with E-state index in [9.17, 15) is 12.8 Å². The number of methoxy groups -OCH3 is 2. The summed E-state index contributed by atoms with van der Waals surface area (Å²) in [5, 5.41) is 11.0. The number of anilines is 1. The number of hydrogen-bond acceptors (Lipinski definition) is 7. The van der Waals surface area contributed by atoms with E-state index >= 15 is 0 Å². The highest BCUT2D eigenvalue weighted by Crippen LogP contribution is 2.30. The molecule has 0 bridgehead atoms. The number of benzene rings is 2. The molecule has 0 radical (unpaired) electrons. The van der Waals surface area contributed by atoms with Crippen molar-refractivity contribution in [3.8, 4) is 17.2 Å². The van der Waals surface area contributed by atoms with Crippen LogP contribution in [-0.2, 0) is 10.0 Å². The van der Waals surface area contributed by atoms with Gasteiger partial charge in [-0.3, -0.25) is 4.72 Å². The Bertz CT molecular complexity index is 1080. The first kappa shape index (κ1) is 18.6. The number of sulfonamides is 1. The summed E-state index contributed by atoms with van der Waals surface area (Å²) in [6.45, 7) is 1.66. The van der Waals surface area contributed by atoms with Crippen LogP contribution in [0.1, 0.15) is 5.82 Å². The predicted molar refractivity (Wildman–Crippen MR) is 94.2 cm³/mol. The predicted octanol–water partition coefficient (Wildman–Crippen LogP) is 1.93. The fourth-order valence-corrected chi connectivity index (χ4v) is 3.45. The van der Waals surface area contributed by atoms with Crippen molar-refractivity contribution < 1.29 is 22.3 Å². The molecule has 3 aromatic rings. The van der Waals surface area contributed by atoms with E-state index in [0.717, 1.165) is 6.07 Å². The minimum atomic E-state index is -4.08. The van der Waals surface area contributed by atoms with Gasteiger partial charge >= 0.3 is 0 Å². The molecule has 142 valence electrons. The van der Waals surface area contributed by atoms with Crippen LogP contribution in [0.15, 0.2) is 41.3 Å². The molecule has 0 amide bonds. The average molecular weight is 393 g/mol. The van der Waals surface area contributed by atoms with Gasteiger partial charge in [0.15, 0.2) is 17.3 Å². The lowest BCUT2D eigenvalue weighted by molar-refractivity contribution is 0.354. The summed E-state index contributed by atoms with van der Waals surface area (Å²) in [6, 6.07) is 7.93. The molecule has 9 nitrogen and oxygen atoms in total. The molecule has 0 spiro atoms. The van der Waals surface area contributed by atoms with E-state index < -0.39 is 15.8 Å². The molecule has 0 aliphatic carbocycles. The van der Waals surface area contributed by atoms with Gasteiger partial charge in [-0.2, -0.15) is 4.68 Å². The van der Waals surface area contributed by atoms with Crippen LogP contribution >= 0.6 is 0 Å². The summed E-state index contributed by atoms with van der Waals surface area (Å²) >= 11 is 0. The van der Waals surface area contributed by atoms with Crippen molar-refractivity contribution in [3.05, 3.63) is 48.0 Å². The minimum absolute atomic E-state index is 0.108. The number of rotatable bonds is 6. The Morgan fingerprint density at radius 1 is 1.07 bits per heavy atom. The molecule has 3 rings (SSSR count). The van der Waals surface area contributed by atoms with Crippen molar-refractivity contribution in [3.63, 3.8) is 0 Å². The number of aryl methyl sites for hydroxylation is 1. The Kier molecular flexibility index (Phi) is 4.95. The fraction of sp³-hybridized carbons (Fsp3) is 0.188.